The van der Waals surface area contributed by atoms with Gasteiger partial charge in [0, 0.05) is 47.2 Å². The number of amides is 2. The van der Waals surface area contributed by atoms with E-state index in [9.17, 15) is 18.0 Å². The van der Waals surface area contributed by atoms with Crippen LogP contribution < -0.4 is 10.0 Å². The molecule has 40 heavy (non-hydrogen) atoms. The van der Waals surface area contributed by atoms with Gasteiger partial charge in [-0.1, -0.05) is 42.5 Å². The van der Waals surface area contributed by atoms with Crippen molar-refractivity contribution in [2.75, 3.05) is 25.0 Å². The molecule has 2 saturated heterocycles. The van der Waals surface area contributed by atoms with Gasteiger partial charge in [-0.25, -0.2) is 13.1 Å². The third kappa shape index (κ3) is 5.77. The van der Waals surface area contributed by atoms with Gasteiger partial charge in [-0.2, -0.15) is 0 Å². The van der Waals surface area contributed by atoms with Crippen molar-refractivity contribution < 1.29 is 18.0 Å². The first-order valence-electron chi connectivity index (χ1n) is 14.1. The van der Waals surface area contributed by atoms with Crippen molar-refractivity contribution in [3.8, 4) is 0 Å². The van der Waals surface area contributed by atoms with E-state index in [1.807, 2.05) is 36.1 Å². The molecule has 0 aliphatic carbocycles. The number of hydrogen-bond donors (Lipinski definition) is 2. The number of rotatable bonds is 7. The fourth-order valence-electron chi connectivity index (χ4n) is 6.03. The summed E-state index contributed by atoms with van der Waals surface area (Å²) in [6.45, 7) is 8.16. The Morgan fingerprint density at radius 3 is 2.30 bits per heavy atom. The van der Waals surface area contributed by atoms with Crippen LogP contribution in [0.2, 0.25) is 0 Å². The molecule has 2 fully saturated rings. The highest BCUT2D eigenvalue weighted by atomic mass is 32.2. The number of carbonyl (C=O) groups is 2. The van der Waals surface area contributed by atoms with Crippen LogP contribution in [0.3, 0.4) is 0 Å². The lowest BCUT2D eigenvalue weighted by atomic mass is 10.0. The fourth-order valence-corrected chi connectivity index (χ4v) is 7.55. The maximum absolute atomic E-state index is 13.6. The lowest BCUT2D eigenvalue weighted by molar-refractivity contribution is -0.137. The number of piperidine rings is 1. The van der Waals surface area contributed by atoms with Gasteiger partial charge < -0.3 is 10.2 Å². The number of carbonyl (C=O) groups excluding carboxylic acids is 2. The average Bonchev–Trinajstić information content (AvgIpc) is 3.43. The van der Waals surface area contributed by atoms with E-state index in [-0.39, 0.29) is 28.8 Å². The first kappa shape index (κ1) is 28.3. The van der Waals surface area contributed by atoms with Gasteiger partial charge in [-0.05, 0) is 76.8 Å². The highest BCUT2D eigenvalue weighted by Crippen LogP contribution is 2.30. The summed E-state index contributed by atoms with van der Waals surface area (Å²) >= 11 is 0. The Morgan fingerprint density at radius 1 is 0.875 bits per heavy atom. The number of aryl methyl sites for hydroxylation is 1. The zero-order valence-corrected chi connectivity index (χ0v) is 24.2. The molecule has 2 aliphatic heterocycles. The molecule has 2 N–H and O–H groups in total. The van der Waals surface area contributed by atoms with E-state index < -0.39 is 10.0 Å². The monoisotopic (exact) mass is 562 g/mol. The minimum Gasteiger partial charge on any atom is -0.341 e. The summed E-state index contributed by atoms with van der Waals surface area (Å²) in [5.41, 5.74) is 1.98. The number of sulfonamides is 1. The molecule has 212 valence electrons. The maximum Gasteiger partial charge on any atom is 0.255 e. The van der Waals surface area contributed by atoms with Crippen LogP contribution in [0.4, 0.5) is 5.69 Å². The molecule has 2 aliphatic rings. The van der Waals surface area contributed by atoms with E-state index in [0.717, 1.165) is 24.9 Å². The highest BCUT2D eigenvalue weighted by molar-refractivity contribution is 7.89. The molecule has 3 aromatic rings. The van der Waals surface area contributed by atoms with Gasteiger partial charge in [-0.3, -0.25) is 14.5 Å². The van der Waals surface area contributed by atoms with E-state index in [4.69, 9.17) is 0 Å². The van der Waals surface area contributed by atoms with E-state index in [2.05, 4.69) is 28.8 Å². The SMILES string of the molecule is Cc1ccccc1C(=O)Nc1cccc2c(S(=O)(=O)NC3CCN(C(=O)[C@@H]4CCCN4C(C)C)CC3)cccc12. The number of nitrogens with one attached hydrogen (secondary N) is 2. The standard InChI is InChI=1S/C31H38N4O4S/c1-21(2)35-18-8-14-28(35)31(37)34-19-16-23(17-20-34)33-40(38,39)29-15-7-11-25-26(29)12-6-13-27(25)32-30(36)24-10-5-4-9-22(24)3/h4-7,9-13,15,21,23,28,33H,8,14,16-20H2,1-3H3,(H,32,36)/t28-/m0/s1. The smallest absolute Gasteiger partial charge is 0.255 e. The lowest BCUT2D eigenvalue weighted by Crippen LogP contribution is -2.52. The number of fused-ring (bicyclic) bond motifs is 1. The minimum absolute atomic E-state index is 0.0654. The molecule has 0 unspecified atom stereocenters. The van der Waals surface area contributed by atoms with Crippen LogP contribution in [0, 0.1) is 6.92 Å². The van der Waals surface area contributed by atoms with E-state index in [0.29, 0.717) is 54.0 Å². The molecular weight excluding hydrogens is 524 g/mol. The summed E-state index contributed by atoms with van der Waals surface area (Å²) in [5, 5.41) is 4.15. The third-order valence-electron chi connectivity index (χ3n) is 8.18. The second-order valence-corrected chi connectivity index (χ2v) is 12.8. The number of nitrogens with zero attached hydrogens (tertiary/aromatic N) is 2. The summed E-state index contributed by atoms with van der Waals surface area (Å²) in [4.78, 5) is 30.5. The van der Waals surface area contributed by atoms with E-state index >= 15 is 0 Å². The summed E-state index contributed by atoms with van der Waals surface area (Å²) in [5.74, 6) is -0.0748. The van der Waals surface area contributed by atoms with Gasteiger partial charge in [0.1, 0.15) is 0 Å². The predicted octanol–water partition coefficient (Wildman–Crippen LogP) is 4.54. The molecule has 2 amide bonds. The quantitative estimate of drug-likeness (QED) is 0.441. The zero-order chi connectivity index (χ0) is 28.4. The maximum atomic E-state index is 13.6. The topological polar surface area (TPSA) is 98.8 Å². The molecule has 0 radical (unpaired) electrons. The Morgan fingerprint density at radius 2 is 1.57 bits per heavy atom. The Labute approximate surface area is 236 Å². The van der Waals surface area contributed by atoms with Crippen LogP contribution in [0.15, 0.2) is 65.6 Å². The van der Waals surface area contributed by atoms with Crippen molar-refractivity contribution in [1.29, 1.82) is 0 Å². The molecule has 9 heteroatoms. The Kier molecular flexibility index (Phi) is 8.26. The number of benzene rings is 3. The average molecular weight is 563 g/mol. The number of likely N-dealkylation sites (tertiary alicyclic amines) is 2. The van der Waals surface area contributed by atoms with Crippen LogP contribution in [-0.2, 0) is 14.8 Å². The van der Waals surface area contributed by atoms with Gasteiger partial charge in [0.05, 0.1) is 10.9 Å². The molecule has 0 aromatic heterocycles. The van der Waals surface area contributed by atoms with Gasteiger partial charge in [0.25, 0.3) is 5.91 Å². The van der Waals surface area contributed by atoms with Crippen molar-refractivity contribution in [2.45, 2.75) is 69.5 Å². The summed E-state index contributed by atoms with van der Waals surface area (Å²) in [7, 11) is -3.84. The molecular formula is C31H38N4O4S. The minimum atomic E-state index is -3.84. The van der Waals surface area contributed by atoms with Gasteiger partial charge in [0.15, 0.2) is 0 Å². The molecule has 5 rings (SSSR count). The van der Waals surface area contributed by atoms with Crippen LogP contribution >= 0.6 is 0 Å². The Hall–Kier alpha value is -3.27. The first-order valence-corrected chi connectivity index (χ1v) is 15.6. The number of anilines is 1. The van der Waals surface area contributed by atoms with Gasteiger partial charge >= 0.3 is 0 Å². The van der Waals surface area contributed by atoms with Crippen molar-refractivity contribution in [3.63, 3.8) is 0 Å². The molecule has 1 atom stereocenters. The molecule has 0 bridgehead atoms. The van der Waals surface area contributed by atoms with Crippen LogP contribution in [0.1, 0.15) is 55.5 Å². The first-order chi connectivity index (χ1) is 19.2. The van der Waals surface area contributed by atoms with Crippen molar-refractivity contribution in [1.82, 2.24) is 14.5 Å². The normalized spacial score (nSPS) is 18.9. The van der Waals surface area contributed by atoms with Crippen molar-refractivity contribution >= 4 is 38.3 Å². The van der Waals surface area contributed by atoms with Crippen LogP contribution in [-0.4, -0.2) is 67.8 Å². The van der Waals surface area contributed by atoms with E-state index in [1.54, 1.807) is 36.4 Å². The molecule has 3 aromatic carbocycles. The van der Waals surface area contributed by atoms with Crippen LogP contribution in [0.25, 0.3) is 10.8 Å². The van der Waals surface area contributed by atoms with Crippen LogP contribution in [0.5, 0.6) is 0 Å². The summed E-state index contributed by atoms with van der Waals surface area (Å²) in [6, 6.07) is 17.8. The second-order valence-electron chi connectivity index (χ2n) is 11.1. The fraction of sp³-hybridized carbons (Fsp3) is 0.419. The molecule has 0 spiro atoms. The Balaban J connectivity index is 1.29. The lowest BCUT2D eigenvalue weighted by Gasteiger charge is -2.36. The molecule has 8 nitrogen and oxygen atoms in total. The number of hydrogen-bond acceptors (Lipinski definition) is 5. The predicted molar refractivity (Wildman–Crippen MR) is 158 cm³/mol. The van der Waals surface area contributed by atoms with Gasteiger partial charge in [0.2, 0.25) is 15.9 Å². The second kappa shape index (κ2) is 11.7. The van der Waals surface area contributed by atoms with E-state index in [1.165, 1.54) is 0 Å². The zero-order valence-electron chi connectivity index (χ0n) is 23.4. The summed E-state index contributed by atoms with van der Waals surface area (Å²) in [6.07, 6.45) is 3.06. The summed E-state index contributed by atoms with van der Waals surface area (Å²) < 4.78 is 30.0. The largest absolute Gasteiger partial charge is 0.341 e. The highest BCUT2D eigenvalue weighted by Gasteiger charge is 2.36. The van der Waals surface area contributed by atoms with Crippen molar-refractivity contribution in [2.24, 2.45) is 0 Å². The molecule has 2 heterocycles. The van der Waals surface area contributed by atoms with Gasteiger partial charge in [-0.15, -0.1) is 0 Å². The third-order valence-corrected chi connectivity index (χ3v) is 9.76. The molecule has 0 saturated carbocycles. The Bertz CT molecular complexity index is 1510. The van der Waals surface area contributed by atoms with Crippen molar-refractivity contribution in [3.05, 3.63) is 71.8 Å².